The molecule has 0 bridgehead atoms. The van der Waals surface area contributed by atoms with Gasteiger partial charge in [-0.1, -0.05) is 0 Å². The molecule has 0 radical (unpaired) electrons. The zero-order valence-corrected chi connectivity index (χ0v) is 11.8. The van der Waals surface area contributed by atoms with Gasteiger partial charge in [-0.2, -0.15) is 0 Å². The molecule has 0 saturated carbocycles. The summed E-state index contributed by atoms with van der Waals surface area (Å²) in [5, 5.41) is 3.24. The predicted molar refractivity (Wildman–Crippen MR) is 74.5 cm³/mol. The van der Waals surface area contributed by atoms with E-state index in [2.05, 4.69) is 10.0 Å². The van der Waals surface area contributed by atoms with Crippen LogP contribution in [0, 0.1) is 0 Å². The Bertz CT molecular complexity index is 457. The van der Waals surface area contributed by atoms with Crippen LogP contribution in [0.4, 0.5) is 11.4 Å². The molecule has 0 spiro atoms. The summed E-state index contributed by atoms with van der Waals surface area (Å²) in [6.45, 7) is 4.23. The first-order chi connectivity index (χ1) is 8.46. The quantitative estimate of drug-likeness (QED) is 0.795. The van der Waals surface area contributed by atoms with Crippen molar-refractivity contribution in [3.8, 4) is 0 Å². The number of nitrogens with one attached hydrogen (secondary N) is 2. The van der Waals surface area contributed by atoms with Crippen LogP contribution in [0.1, 0.15) is 13.8 Å². The molecule has 18 heavy (non-hydrogen) atoms. The fourth-order valence-electron chi connectivity index (χ4n) is 1.46. The fourth-order valence-corrected chi connectivity index (χ4v) is 2.10. The summed E-state index contributed by atoms with van der Waals surface area (Å²) >= 11 is 0. The van der Waals surface area contributed by atoms with Crippen LogP contribution >= 0.6 is 0 Å². The first-order valence-corrected chi connectivity index (χ1v) is 7.48. The lowest BCUT2D eigenvalue weighted by atomic mass is 10.2. The standard InChI is InChI=1S/C12H20N2O3S/c1-4-18(15,16)14-12-7-5-11(6-8-12)13-10(2)9-17-3/h5-8,10,13-14H,4,9H2,1-3H3. The third-order valence-corrected chi connectivity index (χ3v) is 3.67. The number of benzene rings is 1. The van der Waals surface area contributed by atoms with Crippen molar-refractivity contribution in [1.82, 2.24) is 0 Å². The van der Waals surface area contributed by atoms with Crippen molar-refractivity contribution in [1.29, 1.82) is 0 Å². The summed E-state index contributed by atoms with van der Waals surface area (Å²) in [7, 11) is -1.55. The highest BCUT2D eigenvalue weighted by atomic mass is 32.2. The van der Waals surface area contributed by atoms with Crippen molar-refractivity contribution < 1.29 is 13.2 Å². The highest BCUT2D eigenvalue weighted by Crippen LogP contribution is 2.15. The average molecular weight is 272 g/mol. The molecule has 6 heteroatoms. The van der Waals surface area contributed by atoms with Gasteiger partial charge in [-0.25, -0.2) is 8.42 Å². The largest absolute Gasteiger partial charge is 0.383 e. The molecular formula is C12H20N2O3S. The molecule has 0 fully saturated rings. The minimum Gasteiger partial charge on any atom is -0.383 e. The van der Waals surface area contributed by atoms with Gasteiger partial charge in [0, 0.05) is 24.5 Å². The van der Waals surface area contributed by atoms with Gasteiger partial charge in [0.15, 0.2) is 0 Å². The third kappa shape index (κ3) is 4.93. The van der Waals surface area contributed by atoms with Crippen LogP contribution in [0.5, 0.6) is 0 Å². The number of hydrogen-bond acceptors (Lipinski definition) is 4. The molecule has 1 rings (SSSR count). The van der Waals surface area contributed by atoms with Crippen LogP contribution in [0.2, 0.25) is 0 Å². The molecule has 5 nitrogen and oxygen atoms in total. The van der Waals surface area contributed by atoms with Gasteiger partial charge in [0.1, 0.15) is 0 Å². The molecule has 0 aliphatic heterocycles. The molecule has 0 aromatic heterocycles. The minimum absolute atomic E-state index is 0.0673. The Morgan fingerprint density at radius 2 is 1.78 bits per heavy atom. The monoisotopic (exact) mass is 272 g/mol. The molecule has 2 N–H and O–H groups in total. The van der Waals surface area contributed by atoms with Crippen LogP contribution in [0.3, 0.4) is 0 Å². The summed E-state index contributed by atoms with van der Waals surface area (Å²) in [6.07, 6.45) is 0. The zero-order chi connectivity index (χ0) is 13.6. The summed E-state index contributed by atoms with van der Waals surface area (Å²) in [5.74, 6) is 0.0673. The summed E-state index contributed by atoms with van der Waals surface area (Å²) < 4.78 is 30.3. The second kappa shape index (κ2) is 6.61. The molecule has 1 unspecified atom stereocenters. The molecule has 0 heterocycles. The van der Waals surface area contributed by atoms with Gasteiger partial charge in [-0.05, 0) is 38.1 Å². The Balaban J connectivity index is 2.63. The van der Waals surface area contributed by atoms with E-state index in [1.54, 1.807) is 26.2 Å². The smallest absolute Gasteiger partial charge is 0.232 e. The summed E-state index contributed by atoms with van der Waals surface area (Å²) in [5.41, 5.74) is 1.50. The van der Waals surface area contributed by atoms with E-state index in [0.717, 1.165) is 5.69 Å². The van der Waals surface area contributed by atoms with Gasteiger partial charge in [0.2, 0.25) is 10.0 Å². The maximum atomic E-state index is 11.4. The third-order valence-electron chi connectivity index (χ3n) is 2.37. The van der Waals surface area contributed by atoms with Crippen molar-refractivity contribution in [2.45, 2.75) is 19.9 Å². The molecule has 1 atom stereocenters. The van der Waals surface area contributed by atoms with Crippen LogP contribution in [-0.4, -0.2) is 33.9 Å². The molecule has 0 saturated heterocycles. The molecule has 102 valence electrons. The van der Waals surface area contributed by atoms with Crippen molar-refractivity contribution in [3.05, 3.63) is 24.3 Å². The van der Waals surface area contributed by atoms with Crippen LogP contribution in [0.15, 0.2) is 24.3 Å². The van der Waals surface area contributed by atoms with Crippen LogP contribution in [0.25, 0.3) is 0 Å². The van der Waals surface area contributed by atoms with E-state index in [9.17, 15) is 8.42 Å². The molecule has 0 aliphatic carbocycles. The second-order valence-corrected chi connectivity index (χ2v) is 6.09. The maximum absolute atomic E-state index is 11.4. The van der Waals surface area contributed by atoms with E-state index in [1.165, 1.54) is 0 Å². The lowest BCUT2D eigenvalue weighted by molar-refractivity contribution is 0.190. The Morgan fingerprint density at radius 1 is 1.22 bits per heavy atom. The summed E-state index contributed by atoms with van der Waals surface area (Å²) in [6, 6.07) is 7.33. The topological polar surface area (TPSA) is 67.4 Å². The maximum Gasteiger partial charge on any atom is 0.232 e. The van der Waals surface area contributed by atoms with Gasteiger partial charge in [0.25, 0.3) is 0 Å². The van der Waals surface area contributed by atoms with Crippen molar-refractivity contribution in [2.24, 2.45) is 0 Å². The van der Waals surface area contributed by atoms with E-state index in [1.807, 2.05) is 19.1 Å². The first kappa shape index (κ1) is 14.8. The van der Waals surface area contributed by atoms with Crippen LogP contribution < -0.4 is 10.0 Å². The average Bonchev–Trinajstić information content (AvgIpc) is 2.32. The zero-order valence-electron chi connectivity index (χ0n) is 10.9. The normalized spacial score (nSPS) is 13.1. The number of hydrogen-bond donors (Lipinski definition) is 2. The van der Waals surface area contributed by atoms with E-state index in [-0.39, 0.29) is 11.8 Å². The Morgan fingerprint density at radius 3 is 2.28 bits per heavy atom. The number of rotatable bonds is 7. The van der Waals surface area contributed by atoms with E-state index < -0.39 is 10.0 Å². The highest BCUT2D eigenvalue weighted by Gasteiger charge is 2.06. The molecular weight excluding hydrogens is 252 g/mol. The Kier molecular flexibility index (Phi) is 5.43. The SMILES string of the molecule is CCS(=O)(=O)Nc1ccc(NC(C)COC)cc1. The van der Waals surface area contributed by atoms with Crippen LogP contribution in [-0.2, 0) is 14.8 Å². The first-order valence-electron chi connectivity index (χ1n) is 5.83. The number of sulfonamides is 1. The van der Waals surface area contributed by atoms with Crippen molar-refractivity contribution in [2.75, 3.05) is 29.5 Å². The fraction of sp³-hybridized carbons (Fsp3) is 0.500. The number of anilines is 2. The Hall–Kier alpha value is -1.27. The molecule has 0 aliphatic rings. The van der Waals surface area contributed by atoms with E-state index in [4.69, 9.17) is 4.74 Å². The predicted octanol–water partition coefficient (Wildman–Crippen LogP) is 1.90. The molecule has 1 aromatic rings. The van der Waals surface area contributed by atoms with Gasteiger partial charge >= 0.3 is 0 Å². The van der Waals surface area contributed by atoms with Gasteiger partial charge in [-0.3, -0.25) is 4.72 Å². The lowest BCUT2D eigenvalue weighted by Crippen LogP contribution is -2.20. The molecule has 0 amide bonds. The summed E-state index contributed by atoms with van der Waals surface area (Å²) in [4.78, 5) is 0. The van der Waals surface area contributed by atoms with Gasteiger partial charge in [0.05, 0.1) is 12.4 Å². The van der Waals surface area contributed by atoms with E-state index in [0.29, 0.717) is 12.3 Å². The van der Waals surface area contributed by atoms with Gasteiger partial charge in [-0.15, -0.1) is 0 Å². The van der Waals surface area contributed by atoms with Gasteiger partial charge < -0.3 is 10.1 Å². The van der Waals surface area contributed by atoms with E-state index >= 15 is 0 Å². The lowest BCUT2D eigenvalue weighted by Gasteiger charge is -2.14. The number of ether oxygens (including phenoxy) is 1. The van der Waals surface area contributed by atoms with Crippen molar-refractivity contribution in [3.63, 3.8) is 0 Å². The number of methoxy groups -OCH3 is 1. The second-order valence-electron chi connectivity index (χ2n) is 4.08. The molecule has 1 aromatic carbocycles. The highest BCUT2D eigenvalue weighted by molar-refractivity contribution is 7.92. The van der Waals surface area contributed by atoms with Crippen molar-refractivity contribution >= 4 is 21.4 Å². The Labute approximate surface area is 109 Å². The minimum atomic E-state index is -3.21.